The highest BCUT2D eigenvalue weighted by molar-refractivity contribution is 4.76. The summed E-state index contributed by atoms with van der Waals surface area (Å²) in [4.78, 5) is 2.35. The van der Waals surface area contributed by atoms with Gasteiger partial charge in [-0.3, -0.25) is 4.90 Å². The average molecular weight is 230 g/mol. The first-order valence-corrected chi connectivity index (χ1v) is 6.41. The number of rotatable bonds is 7. The fraction of sp³-hybridized carbons (Fsp3) is 1.00. The molecule has 1 fully saturated rings. The first-order chi connectivity index (χ1) is 7.77. The Morgan fingerprint density at radius 2 is 2.38 bits per heavy atom. The van der Waals surface area contributed by atoms with E-state index in [2.05, 4.69) is 24.1 Å². The van der Waals surface area contributed by atoms with Crippen LogP contribution in [-0.4, -0.2) is 62.0 Å². The summed E-state index contributed by atoms with van der Waals surface area (Å²) in [5.74, 6) is 0.624. The Labute approximate surface area is 99.0 Å². The van der Waals surface area contributed by atoms with Crippen molar-refractivity contribution in [1.29, 1.82) is 0 Å². The van der Waals surface area contributed by atoms with Crippen molar-refractivity contribution in [2.75, 3.05) is 46.0 Å². The van der Waals surface area contributed by atoms with E-state index in [0.717, 1.165) is 32.8 Å². The van der Waals surface area contributed by atoms with Crippen LogP contribution in [0, 0.1) is 5.92 Å². The number of aliphatic hydroxyl groups excluding tert-OH is 1. The zero-order chi connectivity index (χ0) is 11.8. The maximum Gasteiger partial charge on any atom is 0.0644 e. The molecule has 0 aromatic rings. The molecular weight excluding hydrogens is 204 g/mol. The van der Waals surface area contributed by atoms with Gasteiger partial charge in [0.25, 0.3) is 0 Å². The van der Waals surface area contributed by atoms with Gasteiger partial charge >= 0.3 is 0 Å². The van der Waals surface area contributed by atoms with Gasteiger partial charge in [0, 0.05) is 13.1 Å². The van der Waals surface area contributed by atoms with Gasteiger partial charge in [-0.1, -0.05) is 13.8 Å². The molecule has 0 spiro atoms. The highest BCUT2D eigenvalue weighted by atomic mass is 16.5. The number of nitrogens with one attached hydrogen (secondary N) is 1. The fourth-order valence-electron chi connectivity index (χ4n) is 2.09. The van der Waals surface area contributed by atoms with Gasteiger partial charge in [-0.05, 0) is 25.4 Å². The van der Waals surface area contributed by atoms with E-state index in [4.69, 9.17) is 4.74 Å². The quantitative estimate of drug-likeness (QED) is 0.618. The molecular formula is C12H26N2O2. The molecule has 1 saturated heterocycles. The summed E-state index contributed by atoms with van der Waals surface area (Å²) in [6, 6.07) is 0.197. The molecule has 0 saturated carbocycles. The molecule has 0 amide bonds. The largest absolute Gasteiger partial charge is 0.395 e. The van der Waals surface area contributed by atoms with Gasteiger partial charge in [0.15, 0.2) is 0 Å². The minimum absolute atomic E-state index is 0.197. The average Bonchev–Trinajstić information content (AvgIpc) is 2.30. The molecule has 2 unspecified atom stereocenters. The summed E-state index contributed by atoms with van der Waals surface area (Å²) in [5, 5.41) is 12.7. The van der Waals surface area contributed by atoms with Crippen LogP contribution in [0.15, 0.2) is 0 Å². The van der Waals surface area contributed by atoms with E-state index in [1.54, 1.807) is 0 Å². The van der Waals surface area contributed by atoms with E-state index in [0.29, 0.717) is 12.5 Å². The molecule has 0 radical (unpaired) electrons. The third-order valence-electron chi connectivity index (χ3n) is 3.03. The second-order valence-corrected chi connectivity index (χ2v) is 4.72. The van der Waals surface area contributed by atoms with E-state index in [-0.39, 0.29) is 12.6 Å². The summed E-state index contributed by atoms with van der Waals surface area (Å²) >= 11 is 0. The van der Waals surface area contributed by atoms with E-state index < -0.39 is 0 Å². The van der Waals surface area contributed by atoms with Crippen molar-refractivity contribution < 1.29 is 9.84 Å². The van der Waals surface area contributed by atoms with Gasteiger partial charge in [-0.15, -0.1) is 0 Å². The lowest BCUT2D eigenvalue weighted by molar-refractivity contribution is -0.0324. The number of ether oxygens (including phenoxy) is 1. The molecule has 0 aromatic heterocycles. The van der Waals surface area contributed by atoms with Gasteiger partial charge in [-0.25, -0.2) is 0 Å². The van der Waals surface area contributed by atoms with Crippen LogP contribution in [0.25, 0.3) is 0 Å². The number of hydrogen-bond acceptors (Lipinski definition) is 4. The third kappa shape index (κ3) is 4.78. The summed E-state index contributed by atoms with van der Waals surface area (Å²) in [7, 11) is 0. The second-order valence-electron chi connectivity index (χ2n) is 4.72. The highest BCUT2D eigenvalue weighted by Crippen LogP contribution is 2.09. The van der Waals surface area contributed by atoms with Crippen molar-refractivity contribution in [3.8, 4) is 0 Å². The molecule has 4 nitrogen and oxygen atoms in total. The fourth-order valence-corrected chi connectivity index (χ4v) is 2.09. The van der Waals surface area contributed by atoms with Crippen LogP contribution in [0.2, 0.25) is 0 Å². The molecule has 0 aliphatic carbocycles. The minimum atomic E-state index is 0.197. The summed E-state index contributed by atoms with van der Waals surface area (Å²) < 4.78 is 5.37. The van der Waals surface area contributed by atoms with Crippen LogP contribution in [0.3, 0.4) is 0 Å². The first-order valence-electron chi connectivity index (χ1n) is 6.41. The number of aliphatic hydroxyl groups is 1. The standard InChI is InChI=1S/C12H26N2O2/c1-3-4-13-7-11(2)8-14-5-6-16-10-12(14)9-15/h11-13,15H,3-10H2,1-2H3. The predicted molar refractivity (Wildman–Crippen MR) is 65.6 cm³/mol. The Bertz CT molecular complexity index is 178. The van der Waals surface area contributed by atoms with Crippen molar-refractivity contribution in [3.05, 3.63) is 0 Å². The van der Waals surface area contributed by atoms with Crippen molar-refractivity contribution in [2.24, 2.45) is 5.92 Å². The van der Waals surface area contributed by atoms with Crippen LogP contribution >= 0.6 is 0 Å². The highest BCUT2D eigenvalue weighted by Gasteiger charge is 2.23. The van der Waals surface area contributed by atoms with Crippen molar-refractivity contribution in [3.63, 3.8) is 0 Å². The smallest absolute Gasteiger partial charge is 0.0644 e. The Balaban J connectivity index is 2.22. The molecule has 4 heteroatoms. The number of nitrogens with zero attached hydrogens (tertiary/aromatic N) is 1. The van der Waals surface area contributed by atoms with Crippen LogP contribution < -0.4 is 5.32 Å². The molecule has 0 bridgehead atoms. The molecule has 96 valence electrons. The number of hydrogen-bond donors (Lipinski definition) is 2. The Hall–Kier alpha value is -0.160. The predicted octanol–water partition coefficient (Wildman–Crippen LogP) is 0.315. The van der Waals surface area contributed by atoms with E-state index in [1.165, 1.54) is 6.42 Å². The van der Waals surface area contributed by atoms with Crippen LogP contribution in [0.4, 0.5) is 0 Å². The zero-order valence-electron chi connectivity index (χ0n) is 10.6. The zero-order valence-corrected chi connectivity index (χ0v) is 10.6. The lowest BCUT2D eigenvalue weighted by atomic mass is 10.1. The Morgan fingerprint density at radius 1 is 1.56 bits per heavy atom. The van der Waals surface area contributed by atoms with Gasteiger partial charge in [-0.2, -0.15) is 0 Å². The van der Waals surface area contributed by atoms with Gasteiger partial charge < -0.3 is 15.2 Å². The van der Waals surface area contributed by atoms with Gasteiger partial charge in [0.2, 0.25) is 0 Å². The van der Waals surface area contributed by atoms with E-state index in [9.17, 15) is 5.11 Å². The summed E-state index contributed by atoms with van der Waals surface area (Å²) in [5.41, 5.74) is 0. The molecule has 2 atom stereocenters. The van der Waals surface area contributed by atoms with Gasteiger partial charge in [0.1, 0.15) is 0 Å². The van der Waals surface area contributed by atoms with Crippen LogP contribution in [0.1, 0.15) is 20.3 Å². The van der Waals surface area contributed by atoms with E-state index >= 15 is 0 Å². The molecule has 1 rings (SSSR count). The van der Waals surface area contributed by atoms with Crippen LogP contribution in [0.5, 0.6) is 0 Å². The van der Waals surface area contributed by atoms with Gasteiger partial charge in [0.05, 0.1) is 25.9 Å². The molecule has 1 heterocycles. The molecule has 1 aliphatic rings. The van der Waals surface area contributed by atoms with Crippen molar-refractivity contribution in [2.45, 2.75) is 26.3 Å². The number of morpholine rings is 1. The monoisotopic (exact) mass is 230 g/mol. The first kappa shape index (κ1) is 13.9. The lowest BCUT2D eigenvalue weighted by Gasteiger charge is -2.36. The Morgan fingerprint density at radius 3 is 3.06 bits per heavy atom. The van der Waals surface area contributed by atoms with Crippen molar-refractivity contribution in [1.82, 2.24) is 10.2 Å². The normalized spacial score (nSPS) is 24.6. The summed E-state index contributed by atoms with van der Waals surface area (Å²) in [6.07, 6.45) is 1.18. The Kier molecular flexibility index (Phi) is 6.96. The van der Waals surface area contributed by atoms with Crippen molar-refractivity contribution >= 4 is 0 Å². The topological polar surface area (TPSA) is 44.7 Å². The maximum absolute atomic E-state index is 9.25. The summed E-state index contributed by atoms with van der Waals surface area (Å²) in [6.45, 7) is 10.3. The molecule has 2 N–H and O–H groups in total. The van der Waals surface area contributed by atoms with Crippen LogP contribution in [-0.2, 0) is 4.74 Å². The molecule has 16 heavy (non-hydrogen) atoms. The minimum Gasteiger partial charge on any atom is -0.395 e. The third-order valence-corrected chi connectivity index (χ3v) is 3.03. The second kappa shape index (κ2) is 8.01. The maximum atomic E-state index is 9.25. The molecule has 0 aromatic carbocycles. The SMILES string of the molecule is CCCNCC(C)CN1CCOCC1CO. The van der Waals surface area contributed by atoms with E-state index in [1.807, 2.05) is 0 Å². The molecule has 1 aliphatic heterocycles. The lowest BCUT2D eigenvalue weighted by Crippen LogP contribution is -2.49.